The average molecular weight is 517 g/mol. The quantitative estimate of drug-likeness (QED) is 0.306. The van der Waals surface area contributed by atoms with Crippen molar-refractivity contribution in [1.29, 1.82) is 0 Å². The van der Waals surface area contributed by atoms with Crippen molar-refractivity contribution in [1.82, 2.24) is 35.9 Å². The van der Waals surface area contributed by atoms with Crippen LogP contribution < -0.4 is 32.3 Å². The van der Waals surface area contributed by atoms with Gasteiger partial charge in [0.1, 0.15) is 5.65 Å². The molecule has 0 atom stereocenters. The lowest BCUT2D eigenvalue weighted by atomic mass is 10.2. The van der Waals surface area contributed by atoms with E-state index in [-0.39, 0.29) is 5.56 Å². The Kier molecular flexibility index (Phi) is 6.20. The van der Waals surface area contributed by atoms with Crippen molar-refractivity contribution >= 4 is 45.5 Å². The van der Waals surface area contributed by atoms with E-state index in [1.807, 2.05) is 37.3 Å². The van der Waals surface area contributed by atoms with Gasteiger partial charge in [0.25, 0.3) is 5.56 Å². The van der Waals surface area contributed by atoms with Crippen LogP contribution in [0.2, 0.25) is 0 Å². The van der Waals surface area contributed by atoms with Gasteiger partial charge in [0, 0.05) is 60.6 Å². The van der Waals surface area contributed by atoms with Crippen molar-refractivity contribution < 1.29 is 0 Å². The molecule has 1 fully saturated rings. The van der Waals surface area contributed by atoms with Crippen LogP contribution in [0.25, 0.3) is 21.5 Å². The highest BCUT2D eigenvalue weighted by Crippen LogP contribution is 2.29. The molecule has 1 aromatic carbocycles. The maximum Gasteiger partial charge on any atom is 0.260 e. The van der Waals surface area contributed by atoms with E-state index in [0.717, 1.165) is 47.0 Å². The summed E-state index contributed by atoms with van der Waals surface area (Å²) in [7, 11) is 2.16. The summed E-state index contributed by atoms with van der Waals surface area (Å²) >= 11 is 1.50. The number of hydrogen-bond acceptors (Lipinski definition) is 11. The largest absolute Gasteiger partial charge is 0.369 e. The van der Waals surface area contributed by atoms with E-state index in [1.165, 1.54) is 17.0 Å². The monoisotopic (exact) mass is 516 g/mol. The van der Waals surface area contributed by atoms with Crippen molar-refractivity contribution in [3.8, 4) is 10.4 Å². The van der Waals surface area contributed by atoms with Crippen LogP contribution in [0.4, 0.5) is 17.3 Å². The number of nitrogens with zero attached hydrogens (tertiary/aromatic N) is 6. The summed E-state index contributed by atoms with van der Waals surface area (Å²) in [4.78, 5) is 29.2. The maximum absolute atomic E-state index is 13.4. The smallest absolute Gasteiger partial charge is 0.260 e. The molecule has 5 heterocycles. The molecule has 11 nitrogen and oxygen atoms in total. The van der Waals surface area contributed by atoms with E-state index in [0.29, 0.717) is 29.5 Å². The number of benzene rings is 1. The molecule has 0 saturated carbocycles. The fourth-order valence-electron chi connectivity index (χ4n) is 4.56. The zero-order valence-electron chi connectivity index (χ0n) is 20.7. The molecule has 12 heteroatoms. The van der Waals surface area contributed by atoms with Crippen molar-refractivity contribution in [2.24, 2.45) is 5.10 Å². The number of piperazine rings is 1. The van der Waals surface area contributed by atoms with Crippen LogP contribution in [-0.2, 0) is 6.54 Å². The second-order valence-electron chi connectivity index (χ2n) is 9.03. The fourth-order valence-corrected chi connectivity index (χ4v) is 5.52. The number of fused-ring (bicyclic) bond motifs is 1. The number of thiophene rings is 1. The number of aryl methyl sites for hydroxylation is 1. The highest BCUT2D eigenvalue weighted by Gasteiger charge is 2.17. The molecule has 190 valence electrons. The van der Waals surface area contributed by atoms with Crippen molar-refractivity contribution in [2.75, 3.05) is 43.4 Å². The lowest BCUT2D eigenvalue weighted by Gasteiger charge is -2.34. The summed E-state index contributed by atoms with van der Waals surface area (Å²) in [5, 5.41) is 8.23. The third-order valence-corrected chi connectivity index (χ3v) is 7.77. The molecule has 0 aliphatic carbocycles. The lowest BCUT2D eigenvalue weighted by Crippen LogP contribution is -2.44. The first kappa shape index (κ1) is 23.4. The van der Waals surface area contributed by atoms with Gasteiger partial charge in [-0.25, -0.2) is 10.5 Å². The number of likely N-dealkylation sites (N-methyl/N-ethyl adjacent to an activating group) is 1. The van der Waals surface area contributed by atoms with Crippen LogP contribution in [-0.4, -0.2) is 58.5 Å². The van der Waals surface area contributed by atoms with E-state index >= 15 is 0 Å². The van der Waals surface area contributed by atoms with Gasteiger partial charge >= 0.3 is 0 Å². The first-order valence-electron chi connectivity index (χ1n) is 12.2. The summed E-state index contributed by atoms with van der Waals surface area (Å²) in [5.41, 5.74) is 11.6. The van der Waals surface area contributed by atoms with Crippen LogP contribution in [0.1, 0.15) is 11.8 Å². The summed E-state index contributed by atoms with van der Waals surface area (Å²) in [6.45, 7) is 6.65. The van der Waals surface area contributed by atoms with Crippen molar-refractivity contribution in [3.63, 3.8) is 0 Å². The molecule has 0 spiro atoms. The normalized spacial score (nSPS) is 15.9. The number of anilines is 3. The maximum atomic E-state index is 13.4. The summed E-state index contributed by atoms with van der Waals surface area (Å²) in [6.07, 6.45) is 1.77. The Balaban J connectivity index is 1.26. The van der Waals surface area contributed by atoms with Gasteiger partial charge in [-0.3, -0.25) is 14.8 Å². The SMILES string of the molecule is CCn1c(=O)c(-c2ccc(C3=NNNN3)s2)cc2cnc(Nc3ccc(N4CCN(C)CC4)cc3)nc21. The number of aromatic nitrogens is 3. The van der Waals surface area contributed by atoms with Crippen LogP contribution in [0, 0.1) is 0 Å². The predicted molar refractivity (Wildman–Crippen MR) is 148 cm³/mol. The predicted octanol–water partition coefficient (Wildman–Crippen LogP) is 2.31. The molecule has 4 aromatic rings. The molecular weight excluding hydrogens is 488 g/mol. The summed E-state index contributed by atoms with van der Waals surface area (Å²) in [5.74, 6) is 1.14. The van der Waals surface area contributed by atoms with E-state index in [4.69, 9.17) is 4.98 Å². The van der Waals surface area contributed by atoms with Crippen LogP contribution in [0.5, 0.6) is 0 Å². The third kappa shape index (κ3) is 4.61. The molecule has 37 heavy (non-hydrogen) atoms. The highest BCUT2D eigenvalue weighted by molar-refractivity contribution is 7.17. The number of hydrogen-bond donors (Lipinski definition) is 4. The number of nitrogens with one attached hydrogen (secondary N) is 4. The van der Waals surface area contributed by atoms with Gasteiger partial charge < -0.3 is 15.1 Å². The van der Waals surface area contributed by atoms with Gasteiger partial charge in [0.05, 0.1) is 10.4 Å². The molecule has 0 amide bonds. The van der Waals surface area contributed by atoms with Crippen LogP contribution in [0.3, 0.4) is 0 Å². The molecule has 2 aliphatic heterocycles. The third-order valence-electron chi connectivity index (χ3n) is 6.64. The van der Waals surface area contributed by atoms with Crippen LogP contribution >= 0.6 is 11.3 Å². The Morgan fingerprint density at radius 1 is 1.05 bits per heavy atom. The van der Waals surface area contributed by atoms with Gasteiger partial charge in [0.2, 0.25) is 5.95 Å². The minimum absolute atomic E-state index is 0.0813. The topological polar surface area (TPSA) is 115 Å². The number of hydrazone groups is 1. The summed E-state index contributed by atoms with van der Waals surface area (Å²) < 4.78 is 1.70. The van der Waals surface area contributed by atoms with Crippen LogP contribution in [0.15, 0.2) is 58.6 Å². The van der Waals surface area contributed by atoms with E-state index in [1.54, 1.807) is 10.8 Å². The Labute approximate surface area is 217 Å². The zero-order valence-corrected chi connectivity index (χ0v) is 21.5. The minimum Gasteiger partial charge on any atom is -0.369 e. The van der Waals surface area contributed by atoms with E-state index in [2.05, 4.69) is 60.9 Å². The first-order chi connectivity index (χ1) is 18.1. The molecule has 0 bridgehead atoms. The molecule has 0 radical (unpaired) electrons. The van der Waals surface area contributed by atoms with Gasteiger partial charge in [-0.1, -0.05) is 0 Å². The Morgan fingerprint density at radius 3 is 2.57 bits per heavy atom. The lowest BCUT2D eigenvalue weighted by molar-refractivity contribution is 0.313. The number of pyridine rings is 1. The first-order valence-corrected chi connectivity index (χ1v) is 13.1. The molecule has 1 saturated heterocycles. The fraction of sp³-hybridized carbons (Fsp3) is 0.280. The molecule has 2 aliphatic rings. The van der Waals surface area contributed by atoms with Gasteiger partial charge in [-0.15, -0.1) is 22.0 Å². The molecule has 0 unspecified atom stereocenters. The average Bonchev–Trinajstić information content (AvgIpc) is 3.62. The van der Waals surface area contributed by atoms with Gasteiger partial charge in [-0.2, -0.15) is 4.98 Å². The van der Waals surface area contributed by atoms with Gasteiger partial charge in [0.15, 0.2) is 5.84 Å². The minimum atomic E-state index is -0.0813. The Morgan fingerprint density at radius 2 is 1.84 bits per heavy atom. The molecule has 4 N–H and O–H groups in total. The number of amidine groups is 1. The molecule has 6 rings (SSSR count). The van der Waals surface area contributed by atoms with E-state index < -0.39 is 0 Å². The second kappa shape index (κ2) is 9.81. The van der Waals surface area contributed by atoms with Crippen molar-refractivity contribution in [2.45, 2.75) is 13.5 Å². The zero-order chi connectivity index (χ0) is 25.4. The standard InChI is InChI=1S/C25H28N10OS/c1-3-35-23-16(14-19(24(35)36)20-8-9-21(37-20)22-29-31-32-30-22)15-26-25(28-23)27-17-4-6-18(7-5-17)34-12-10-33(2)11-13-34/h4-9,14-15,31-32H,3,10-13H2,1-2H3,(H,29,30)(H,26,27,28). The number of rotatable bonds is 6. The van der Waals surface area contributed by atoms with E-state index in [9.17, 15) is 4.79 Å². The van der Waals surface area contributed by atoms with Crippen molar-refractivity contribution in [3.05, 3.63) is 63.9 Å². The van der Waals surface area contributed by atoms with Gasteiger partial charge in [-0.05, 0) is 56.4 Å². The molecular formula is C25H28N10OS. The molecule has 3 aromatic heterocycles. The Bertz CT molecular complexity index is 1520. The highest BCUT2D eigenvalue weighted by atomic mass is 32.1. The summed E-state index contributed by atoms with van der Waals surface area (Å²) in [6, 6.07) is 14.1. The Hall–Kier alpha value is -4.00. The second-order valence-corrected chi connectivity index (χ2v) is 10.1. The number of hydrazine groups is 2.